The highest BCUT2D eigenvalue weighted by atomic mass is 19.1. The second-order valence-electron chi connectivity index (χ2n) is 7.44. The van der Waals surface area contributed by atoms with Crippen molar-refractivity contribution >= 4 is 23.4 Å². The maximum Gasteiger partial charge on any atom is 0.260 e. The van der Waals surface area contributed by atoms with Gasteiger partial charge in [-0.3, -0.25) is 14.4 Å². The zero-order valence-electron chi connectivity index (χ0n) is 17.5. The van der Waals surface area contributed by atoms with E-state index in [-0.39, 0.29) is 37.0 Å². The van der Waals surface area contributed by atoms with E-state index in [1.807, 2.05) is 0 Å². The van der Waals surface area contributed by atoms with Crippen molar-refractivity contribution in [2.75, 3.05) is 31.6 Å². The van der Waals surface area contributed by atoms with Crippen LogP contribution in [0.25, 0.3) is 0 Å². The third-order valence-electron chi connectivity index (χ3n) is 4.98. The van der Waals surface area contributed by atoms with Crippen LogP contribution in [-0.4, -0.2) is 48.9 Å². The van der Waals surface area contributed by atoms with Crippen molar-refractivity contribution in [1.29, 1.82) is 0 Å². The van der Waals surface area contributed by atoms with Gasteiger partial charge in [0.15, 0.2) is 6.61 Å². The van der Waals surface area contributed by atoms with Crippen molar-refractivity contribution in [3.05, 3.63) is 59.7 Å². The first kappa shape index (κ1) is 23.2. The summed E-state index contributed by atoms with van der Waals surface area (Å²) in [5.74, 6) is -2.22. The van der Waals surface area contributed by atoms with Crippen molar-refractivity contribution < 1.29 is 27.9 Å². The number of carbonyl (C=O) groups is 3. The number of carbonyl (C=O) groups excluding carboxylic acids is 3. The van der Waals surface area contributed by atoms with E-state index in [1.54, 1.807) is 29.2 Å². The Kier molecular flexibility index (Phi) is 8.13. The molecule has 32 heavy (non-hydrogen) atoms. The molecule has 1 heterocycles. The molecule has 1 aliphatic rings. The third kappa shape index (κ3) is 6.76. The van der Waals surface area contributed by atoms with Crippen molar-refractivity contribution in [2.24, 2.45) is 0 Å². The number of rotatable bonds is 9. The molecular formula is C23H25F2N3O4. The van der Waals surface area contributed by atoms with Crippen LogP contribution in [0.4, 0.5) is 14.5 Å². The summed E-state index contributed by atoms with van der Waals surface area (Å²) in [7, 11) is 0. The lowest BCUT2D eigenvalue weighted by atomic mass is 10.2. The van der Waals surface area contributed by atoms with Gasteiger partial charge in [0, 0.05) is 43.9 Å². The standard InChI is InChI=1S/C23H25F2N3O4/c24-16-8-9-19(20(25)13-16)23(31)26-10-4-7-21(29)27-17-5-3-6-18(14-17)32-15-22(30)28-11-1-2-12-28/h3,5-6,8-9,13-14H,1-2,4,7,10-12,15H2,(H,26,31)(H,27,29). The monoisotopic (exact) mass is 445 g/mol. The minimum Gasteiger partial charge on any atom is -0.484 e. The average Bonchev–Trinajstić information content (AvgIpc) is 3.30. The summed E-state index contributed by atoms with van der Waals surface area (Å²) < 4.78 is 32.0. The molecule has 0 aromatic heterocycles. The molecule has 0 aliphatic carbocycles. The van der Waals surface area contributed by atoms with Crippen LogP contribution < -0.4 is 15.4 Å². The van der Waals surface area contributed by atoms with Crippen LogP contribution in [0.1, 0.15) is 36.0 Å². The summed E-state index contributed by atoms with van der Waals surface area (Å²) in [5.41, 5.74) is 0.273. The summed E-state index contributed by atoms with van der Waals surface area (Å²) in [6.45, 7) is 1.63. The van der Waals surface area contributed by atoms with Gasteiger partial charge in [-0.25, -0.2) is 8.78 Å². The van der Waals surface area contributed by atoms with Gasteiger partial charge in [-0.15, -0.1) is 0 Å². The molecule has 3 rings (SSSR count). The number of likely N-dealkylation sites (tertiary alicyclic amines) is 1. The Hall–Kier alpha value is -3.49. The third-order valence-corrected chi connectivity index (χ3v) is 4.98. The predicted octanol–water partition coefficient (Wildman–Crippen LogP) is 3.11. The Morgan fingerprint density at radius 3 is 2.56 bits per heavy atom. The predicted molar refractivity (Wildman–Crippen MR) is 114 cm³/mol. The number of ether oxygens (including phenoxy) is 1. The first-order valence-electron chi connectivity index (χ1n) is 10.5. The molecule has 9 heteroatoms. The van der Waals surface area contributed by atoms with Gasteiger partial charge in [0.05, 0.1) is 5.56 Å². The van der Waals surface area contributed by atoms with Gasteiger partial charge < -0.3 is 20.3 Å². The van der Waals surface area contributed by atoms with Crippen molar-refractivity contribution in [1.82, 2.24) is 10.2 Å². The Labute approximate surface area is 184 Å². The number of hydrogen-bond acceptors (Lipinski definition) is 4. The average molecular weight is 445 g/mol. The fraction of sp³-hybridized carbons (Fsp3) is 0.348. The molecule has 170 valence electrons. The molecule has 0 spiro atoms. The number of halogens is 2. The zero-order valence-corrected chi connectivity index (χ0v) is 17.5. The Balaban J connectivity index is 1.38. The molecule has 0 atom stereocenters. The van der Waals surface area contributed by atoms with Crippen molar-refractivity contribution in [3.8, 4) is 5.75 Å². The molecule has 0 saturated carbocycles. The minimum absolute atomic E-state index is 0.0499. The molecular weight excluding hydrogens is 420 g/mol. The maximum absolute atomic E-state index is 13.6. The van der Waals surface area contributed by atoms with Crippen LogP contribution in [0.3, 0.4) is 0 Å². The minimum atomic E-state index is -0.940. The molecule has 1 fully saturated rings. The second kappa shape index (κ2) is 11.2. The van der Waals surface area contributed by atoms with Gasteiger partial charge in [0.1, 0.15) is 17.4 Å². The highest BCUT2D eigenvalue weighted by molar-refractivity contribution is 5.94. The highest BCUT2D eigenvalue weighted by Crippen LogP contribution is 2.18. The van der Waals surface area contributed by atoms with Gasteiger partial charge >= 0.3 is 0 Å². The van der Waals surface area contributed by atoms with Gasteiger partial charge in [0.2, 0.25) is 5.91 Å². The van der Waals surface area contributed by atoms with E-state index < -0.39 is 17.5 Å². The maximum atomic E-state index is 13.6. The molecule has 2 aromatic carbocycles. The summed E-state index contributed by atoms with van der Waals surface area (Å²) in [4.78, 5) is 37.9. The SMILES string of the molecule is O=C(CCCNC(=O)c1ccc(F)cc1F)Nc1cccc(OCC(=O)N2CCCC2)c1. The molecule has 0 unspecified atom stereocenters. The molecule has 2 N–H and O–H groups in total. The Bertz CT molecular complexity index is 977. The normalized spacial score (nSPS) is 13.0. The number of benzene rings is 2. The largest absolute Gasteiger partial charge is 0.484 e. The van der Waals surface area contributed by atoms with Crippen LogP contribution >= 0.6 is 0 Å². The number of hydrogen-bond donors (Lipinski definition) is 2. The number of amides is 3. The number of anilines is 1. The molecule has 0 radical (unpaired) electrons. The van der Waals surface area contributed by atoms with E-state index in [0.29, 0.717) is 23.9 Å². The van der Waals surface area contributed by atoms with Crippen LogP contribution in [0, 0.1) is 11.6 Å². The zero-order chi connectivity index (χ0) is 22.9. The number of nitrogens with one attached hydrogen (secondary N) is 2. The molecule has 1 aliphatic heterocycles. The van der Waals surface area contributed by atoms with Gasteiger partial charge in [-0.05, 0) is 43.5 Å². The van der Waals surface area contributed by atoms with Crippen LogP contribution in [0.2, 0.25) is 0 Å². The van der Waals surface area contributed by atoms with Crippen molar-refractivity contribution in [2.45, 2.75) is 25.7 Å². The smallest absolute Gasteiger partial charge is 0.260 e. The molecule has 1 saturated heterocycles. The fourth-order valence-corrected chi connectivity index (χ4v) is 3.31. The number of nitrogens with zero attached hydrogens (tertiary/aromatic N) is 1. The first-order valence-corrected chi connectivity index (χ1v) is 10.5. The van der Waals surface area contributed by atoms with E-state index >= 15 is 0 Å². The Morgan fingerprint density at radius 1 is 1.03 bits per heavy atom. The van der Waals surface area contributed by atoms with E-state index in [9.17, 15) is 23.2 Å². The fourth-order valence-electron chi connectivity index (χ4n) is 3.31. The summed E-state index contributed by atoms with van der Waals surface area (Å²) >= 11 is 0. The quantitative estimate of drug-likeness (QED) is 0.581. The topological polar surface area (TPSA) is 87.7 Å². The summed E-state index contributed by atoms with van der Waals surface area (Å²) in [6, 6.07) is 9.47. The molecule has 0 bridgehead atoms. The van der Waals surface area contributed by atoms with Gasteiger partial charge in [-0.2, -0.15) is 0 Å². The van der Waals surface area contributed by atoms with Crippen molar-refractivity contribution in [3.63, 3.8) is 0 Å². The second-order valence-corrected chi connectivity index (χ2v) is 7.44. The van der Waals surface area contributed by atoms with Crippen LogP contribution in [-0.2, 0) is 9.59 Å². The van der Waals surface area contributed by atoms with Crippen LogP contribution in [0.5, 0.6) is 5.75 Å². The summed E-state index contributed by atoms with van der Waals surface area (Å²) in [5, 5.41) is 5.23. The van der Waals surface area contributed by atoms with Gasteiger partial charge in [0.25, 0.3) is 11.8 Å². The molecule has 2 aromatic rings. The summed E-state index contributed by atoms with van der Waals surface area (Å²) in [6.07, 6.45) is 2.49. The van der Waals surface area contributed by atoms with E-state index in [4.69, 9.17) is 4.74 Å². The lowest BCUT2D eigenvalue weighted by Gasteiger charge is -2.15. The lowest BCUT2D eigenvalue weighted by Crippen LogP contribution is -2.32. The van der Waals surface area contributed by atoms with E-state index in [1.165, 1.54) is 0 Å². The van der Waals surface area contributed by atoms with Gasteiger partial charge in [-0.1, -0.05) is 6.07 Å². The van der Waals surface area contributed by atoms with E-state index in [2.05, 4.69) is 10.6 Å². The lowest BCUT2D eigenvalue weighted by molar-refractivity contribution is -0.132. The van der Waals surface area contributed by atoms with Crippen LogP contribution in [0.15, 0.2) is 42.5 Å². The van der Waals surface area contributed by atoms with E-state index in [0.717, 1.165) is 38.1 Å². The first-order chi connectivity index (χ1) is 15.4. The molecule has 3 amide bonds. The molecule has 7 nitrogen and oxygen atoms in total. The Morgan fingerprint density at radius 2 is 1.81 bits per heavy atom. The highest BCUT2D eigenvalue weighted by Gasteiger charge is 2.18.